The van der Waals surface area contributed by atoms with Gasteiger partial charge in [0.05, 0.1) is 18.2 Å². The SMILES string of the molecule is CCCNC(COC(C)(C)CC)c1ccc2c(c1)OCO2. The lowest BCUT2D eigenvalue weighted by atomic mass is 10.0. The molecule has 1 N–H and O–H groups in total. The highest BCUT2D eigenvalue weighted by molar-refractivity contribution is 5.45. The molecule has 0 amide bonds. The molecule has 1 aliphatic rings. The fourth-order valence-corrected chi connectivity index (χ4v) is 2.13. The van der Waals surface area contributed by atoms with Gasteiger partial charge in [0.25, 0.3) is 0 Å². The minimum atomic E-state index is -0.0948. The monoisotopic (exact) mass is 293 g/mol. The summed E-state index contributed by atoms with van der Waals surface area (Å²) >= 11 is 0. The van der Waals surface area contributed by atoms with Crippen LogP contribution in [-0.4, -0.2) is 25.5 Å². The third-order valence-electron chi connectivity index (χ3n) is 3.93. The van der Waals surface area contributed by atoms with Gasteiger partial charge in [-0.15, -0.1) is 0 Å². The first-order valence-corrected chi connectivity index (χ1v) is 7.82. The van der Waals surface area contributed by atoms with Gasteiger partial charge in [-0.25, -0.2) is 0 Å². The molecular weight excluding hydrogens is 266 g/mol. The smallest absolute Gasteiger partial charge is 0.231 e. The minimum Gasteiger partial charge on any atom is -0.454 e. The highest BCUT2D eigenvalue weighted by atomic mass is 16.7. The number of benzene rings is 1. The molecule has 1 heterocycles. The van der Waals surface area contributed by atoms with Gasteiger partial charge in [-0.05, 0) is 50.9 Å². The maximum Gasteiger partial charge on any atom is 0.231 e. The maximum atomic E-state index is 6.08. The van der Waals surface area contributed by atoms with Crippen LogP contribution in [0.15, 0.2) is 18.2 Å². The molecule has 0 aromatic heterocycles. The van der Waals surface area contributed by atoms with E-state index in [-0.39, 0.29) is 11.6 Å². The van der Waals surface area contributed by atoms with Crippen LogP contribution in [0.5, 0.6) is 11.5 Å². The standard InChI is InChI=1S/C17H27NO3/c1-5-9-18-14(11-21-17(3,4)6-2)13-7-8-15-16(10-13)20-12-19-15/h7-8,10,14,18H,5-6,9,11-12H2,1-4H3. The van der Waals surface area contributed by atoms with E-state index in [4.69, 9.17) is 14.2 Å². The van der Waals surface area contributed by atoms with E-state index in [0.29, 0.717) is 13.4 Å². The first-order chi connectivity index (χ1) is 10.1. The van der Waals surface area contributed by atoms with Crippen molar-refractivity contribution in [3.05, 3.63) is 23.8 Å². The van der Waals surface area contributed by atoms with Gasteiger partial charge in [-0.3, -0.25) is 0 Å². The van der Waals surface area contributed by atoms with Crippen LogP contribution < -0.4 is 14.8 Å². The average molecular weight is 293 g/mol. The molecule has 0 spiro atoms. The molecule has 0 saturated heterocycles. The number of fused-ring (bicyclic) bond motifs is 1. The van der Waals surface area contributed by atoms with Crippen LogP contribution in [0.4, 0.5) is 0 Å². The lowest BCUT2D eigenvalue weighted by Gasteiger charge is -2.28. The second kappa shape index (κ2) is 7.14. The van der Waals surface area contributed by atoms with E-state index in [2.05, 4.69) is 45.1 Å². The van der Waals surface area contributed by atoms with Gasteiger partial charge in [0.2, 0.25) is 6.79 Å². The highest BCUT2D eigenvalue weighted by Gasteiger charge is 2.21. The number of hydrogen-bond acceptors (Lipinski definition) is 4. The number of rotatable bonds is 8. The van der Waals surface area contributed by atoms with Crippen LogP contribution in [-0.2, 0) is 4.74 Å². The molecule has 1 aromatic carbocycles. The number of hydrogen-bond donors (Lipinski definition) is 1. The number of nitrogens with one attached hydrogen (secondary N) is 1. The van der Waals surface area contributed by atoms with Crippen molar-refractivity contribution in [3.8, 4) is 11.5 Å². The Morgan fingerprint density at radius 2 is 2.00 bits per heavy atom. The largest absolute Gasteiger partial charge is 0.454 e. The lowest BCUT2D eigenvalue weighted by molar-refractivity contribution is -0.0307. The van der Waals surface area contributed by atoms with E-state index in [9.17, 15) is 0 Å². The fraction of sp³-hybridized carbons (Fsp3) is 0.647. The van der Waals surface area contributed by atoms with Crippen LogP contribution in [0.2, 0.25) is 0 Å². The fourth-order valence-electron chi connectivity index (χ4n) is 2.13. The summed E-state index contributed by atoms with van der Waals surface area (Å²) in [5.41, 5.74) is 1.09. The Labute approximate surface area is 127 Å². The van der Waals surface area contributed by atoms with E-state index in [1.807, 2.05) is 6.07 Å². The maximum absolute atomic E-state index is 6.08. The highest BCUT2D eigenvalue weighted by Crippen LogP contribution is 2.34. The summed E-state index contributed by atoms with van der Waals surface area (Å²) in [6.07, 6.45) is 2.09. The van der Waals surface area contributed by atoms with Gasteiger partial charge in [0, 0.05) is 0 Å². The summed E-state index contributed by atoms with van der Waals surface area (Å²) in [5.74, 6) is 1.65. The summed E-state index contributed by atoms with van der Waals surface area (Å²) in [4.78, 5) is 0. The van der Waals surface area contributed by atoms with E-state index < -0.39 is 0 Å². The Bertz CT molecular complexity index is 459. The summed E-state index contributed by atoms with van der Waals surface area (Å²) in [6, 6.07) is 6.29. The molecule has 0 saturated carbocycles. The molecule has 1 atom stereocenters. The average Bonchev–Trinajstić information content (AvgIpc) is 2.94. The number of ether oxygens (including phenoxy) is 3. The van der Waals surface area contributed by atoms with Crippen LogP contribution in [0.1, 0.15) is 52.1 Å². The summed E-state index contributed by atoms with van der Waals surface area (Å²) < 4.78 is 16.9. The van der Waals surface area contributed by atoms with Crippen LogP contribution in [0.25, 0.3) is 0 Å². The van der Waals surface area contributed by atoms with Crippen molar-refractivity contribution in [1.29, 1.82) is 0 Å². The molecule has 21 heavy (non-hydrogen) atoms. The van der Waals surface area contributed by atoms with E-state index in [1.54, 1.807) is 0 Å². The first-order valence-electron chi connectivity index (χ1n) is 7.82. The van der Waals surface area contributed by atoms with E-state index in [0.717, 1.165) is 30.9 Å². The predicted molar refractivity (Wildman–Crippen MR) is 83.9 cm³/mol. The van der Waals surface area contributed by atoms with Crippen LogP contribution in [0.3, 0.4) is 0 Å². The van der Waals surface area contributed by atoms with Gasteiger partial charge >= 0.3 is 0 Å². The van der Waals surface area contributed by atoms with E-state index >= 15 is 0 Å². The van der Waals surface area contributed by atoms with Gasteiger partial charge in [0.15, 0.2) is 11.5 Å². The molecule has 4 nitrogen and oxygen atoms in total. The third kappa shape index (κ3) is 4.35. The van der Waals surface area contributed by atoms with Gasteiger partial charge in [0.1, 0.15) is 0 Å². The molecule has 4 heteroatoms. The Morgan fingerprint density at radius 1 is 1.24 bits per heavy atom. The molecule has 1 aliphatic heterocycles. The second-order valence-corrected chi connectivity index (χ2v) is 6.04. The Kier molecular flexibility index (Phi) is 5.48. The normalized spacial score (nSPS) is 15.2. The lowest BCUT2D eigenvalue weighted by Crippen LogP contribution is -2.32. The summed E-state index contributed by atoms with van der Waals surface area (Å²) in [7, 11) is 0. The first kappa shape index (κ1) is 16.1. The zero-order valence-corrected chi connectivity index (χ0v) is 13.6. The second-order valence-electron chi connectivity index (χ2n) is 6.04. The molecule has 0 fully saturated rings. The Balaban J connectivity index is 2.08. The molecule has 1 aromatic rings. The van der Waals surface area contributed by atoms with Crippen molar-refractivity contribution >= 4 is 0 Å². The molecule has 2 rings (SSSR count). The van der Waals surface area contributed by atoms with Gasteiger partial charge < -0.3 is 19.5 Å². The molecular formula is C17H27NO3. The summed E-state index contributed by atoms with van der Waals surface area (Å²) in [5, 5.41) is 3.55. The molecule has 0 aliphatic carbocycles. The Morgan fingerprint density at radius 3 is 2.71 bits per heavy atom. The topological polar surface area (TPSA) is 39.7 Å². The van der Waals surface area contributed by atoms with Gasteiger partial charge in [-0.1, -0.05) is 19.9 Å². The van der Waals surface area contributed by atoms with Crippen molar-refractivity contribution in [2.24, 2.45) is 0 Å². The minimum absolute atomic E-state index is 0.0948. The summed E-state index contributed by atoms with van der Waals surface area (Å²) in [6.45, 7) is 10.5. The van der Waals surface area contributed by atoms with Crippen LogP contribution in [0, 0.1) is 0 Å². The van der Waals surface area contributed by atoms with Crippen molar-refractivity contribution in [3.63, 3.8) is 0 Å². The molecule has 0 radical (unpaired) electrons. The predicted octanol–water partition coefficient (Wildman–Crippen LogP) is 3.66. The van der Waals surface area contributed by atoms with Crippen molar-refractivity contribution < 1.29 is 14.2 Å². The molecule has 1 unspecified atom stereocenters. The van der Waals surface area contributed by atoms with Crippen LogP contribution >= 0.6 is 0 Å². The van der Waals surface area contributed by atoms with Crippen molar-refractivity contribution in [2.45, 2.75) is 52.2 Å². The quantitative estimate of drug-likeness (QED) is 0.794. The Hall–Kier alpha value is -1.26. The van der Waals surface area contributed by atoms with Crippen molar-refractivity contribution in [1.82, 2.24) is 5.32 Å². The third-order valence-corrected chi connectivity index (χ3v) is 3.93. The molecule has 0 bridgehead atoms. The molecule has 118 valence electrons. The zero-order valence-electron chi connectivity index (χ0n) is 13.6. The van der Waals surface area contributed by atoms with Gasteiger partial charge in [-0.2, -0.15) is 0 Å². The van der Waals surface area contributed by atoms with E-state index in [1.165, 1.54) is 5.56 Å². The van der Waals surface area contributed by atoms with Crippen molar-refractivity contribution in [2.75, 3.05) is 19.9 Å². The zero-order chi connectivity index (χ0) is 15.3.